The summed E-state index contributed by atoms with van der Waals surface area (Å²) in [6.07, 6.45) is -0.699. The van der Waals surface area contributed by atoms with Crippen LogP contribution in [0.15, 0.2) is 0 Å². The molecule has 0 bridgehead atoms. The fourth-order valence-corrected chi connectivity index (χ4v) is 3.16. The van der Waals surface area contributed by atoms with Gasteiger partial charge in [-0.15, -0.1) is 0 Å². The van der Waals surface area contributed by atoms with E-state index in [1.807, 2.05) is 0 Å². The van der Waals surface area contributed by atoms with Crippen molar-refractivity contribution in [3.63, 3.8) is 0 Å². The maximum Gasteiger partial charge on any atom is 0.326 e. The average molecular weight is 522 g/mol. The minimum Gasteiger partial charge on any atom is -0.481 e. The summed E-state index contributed by atoms with van der Waals surface area (Å²) in [5.41, 5.74) is 10.9. The predicted octanol–water partition coefficient (Wildman–Crippen LogP) is -2.79. The molecule has 0 aliphatic carbocycles. The van der Waals surface area contributed by atoms with Gasteiger partial charge in [0, 0.05) is 12.8 Å². The van der Waals surface area contributed by atoms with Gasteiger partial charge in [0.2, 0.25) is 23.6 Å². The molecule has 35 heavy (non-hydrogen) atoms. The van der Waals surface area contributed by atoms with Gasteiger partial charge in [0.25, 0.3) is 0 Å². The Morgan fingerprint density at radius 2 is 1.20 bits per heavy atom. The number of carboxylic acids is 3. The number of amides is 4. The fraction of sp³-hybridized carbons (Fsp3) is 0.632. The first-order chi connectivity index (χ1) is 16.3. The molecule has 16 heteroatoms. The van der Waals surface area contributed by atoms with Crippen LogP contribution in [0.3, 0.4) is 0 Å². The standard InChI is InChI=1S/C19H31N5O10S/c1-35-7-6-9(20)16(30)24-12(8-13(21)25)18(32)22-10(2-4-14(26)27)17(31)23-11(19(33)34)3-5-15(28)29/h9-12H,2-8,20H2,1H3,(H2,21,25)(H,22,32)(H,23,31)(H,24,30)(H,26,27)(H,28,29)(H,33,34). The van der Waals surface area contributed by atoms with E-state index in [1.165, 1.54) is 11.8 Å². The van der Waals surface area contributed by atoms with Crippen molar-refractivity contribution in [1.82, 2.24) is 16.0 Å². The fourth-order valence-electron chi connectivity index (χ4n) is 2.67. The molecule has 4 amide bonds. The van der Waals surface area contributed by atoms with Crippen LogP contribution in [0.2, 0.25) is 0 Å². The Morgan fingerprint density at radius 3 is 1.66 bits per heavy atom. The highest BCUT2D eigenvalue weighted by atomic mass is 32.2. The summed E-state index contributed by atoms with van der Waals surface area (Å²) in [5, 5.41) is 33.4. The molecule has 0 radical (unpaired) electrons. The van der Waals surface area contributed by atoms with E-state index in [-0.39, 0.29) is 6.42 Å². The second-order valence-electron chi connectivity index (χ2n) is 7.44. The maximum atomic E-state index is 12.7. The zero-order valence-electron chi connectivity index (χ0n) is 19.0. The Hall–Kier alpha value is -3.40. The van der Waals surface area contributed by atoms with E-state index in [0.717, 1.165) is 0 Å². The zero-order chi connectivity index (χ0) is 27.1. The van der Waals surface area contributed by atoms with Gasteiger partial charge in [-0.25, -0.2) is 4.79 Å². The molecule has 0 aromatic heterocycles. The number of carbonyl (C=O) groups excluding carboxylic acids is 4. The number of primary amides is 1. The van der Waals surface area contributed by atoms with E-state index in [4.69, 9.17) is 21.7 Å². The molecule has 4 unspecified atom stereocenters. The van der Waals surface area contributed by atoms with E-state index in [9.17, 15) is 38.7 Å². The number of hydrogen-bond acceptors (Lipinski definition) is 9. The van der Waals surface area contributed by atoms with E-state index in [0.29, 0.717) is 5.75 Å². The van der Waals surface area contributed by atoms with Crippen molar-refractivity contribution in [3.05, 3.63) is 0 Å². The SMILES string of the molecule is CSCCC(N)C(=O)NC(CC(N)=O)C(=O)NC(CCC(=O)O)C(=O)NC(CCC(=O)O)C(=O)O. The Balaban J connectivity index is 5.56. The van der Waals surface area contributed by atoms with Gasteiger partial charge in [0.15, 0.2) is 0 Å². The van der Waals surface area contributed by atoms with Gasteiger partial charge in [-0.05, 0) is 31.3 Å². The van der Waals surface area contributed by atoms with Crippen LogP contribution in [0.25, 0.3) is 0 Å². The molecule has 0 aromatic rings. The summed E-state index contributed by atoms with van der Waals surface area (Å²) in [4.78, 5) is 82.1. The highest BCUT2D eigenvalue weighted by Crippen LogP contribution is 2.05. The maximum absolute atomic E-state index is 12.7. The first-order valence-electron chi connectivity index (χ1n) is 10.4. The quantitative estimate of drug-likeness (QED) is 0.0909. The number of rotatable bonds is 18. The number of nitrogens with two attached hydrogens (primary N) is 2. The summed E-state index contributed by atoms with van der Waals surface area (Å²) >= 11 is 1.43. The molecule has 4 atom stereocenters. The van der Waals surface area contributed by atoms with E-state index >= 15 is 0 Å². The van der Waals surface area contributed by atoms with Crippen molar-refractivity contribution in [2.75, 3.05) is 12.0 Å². The van der Waals surface area contributed by atoms with Crippen molar-refractivity contribution >= 4 is 53.3 Å². The predicted molar refractivity (Wildman–Crippen MR) is 122 cm³/mol. The summed E-state index contributed by atoms with van der Waals surface area (Å²) in [6.45, 7) is 0. The minimum atomic E-state index is -1.63. The lowest BCUT2D eigenvalue weighted by atomic mass is 10.1. The van der Waals surface area contributed by atoms with Crippen LogP contribution in [0, 0.1) is 0 Å². The van der Waals surface area contributed by atoms with Gasteiger partial charge in [-0.3, -0.25) is 28.8 Å². The highest BCUT2D eigenvalue weighted by molar-refractivity contribution is 7.98. The molecule has 0 rings (SSSR count). The minimum absolute atomic E-state index is 0.272. The van der Waals surface area contributed by atoms with Gasteiger partial charge in [0.1, 0.15) is 18.1 Å². The molecule has 0 saturated carbocycles. The first kappa shape index (κ1) is 31.6. The lowest BCUT2D eigenvalue weighted by molar-refractivity contribution is -0.144. The molecule has 198 valence electrons. The van der Waals surface area contributed by atoms with Crippen LogP contribution in [0.4, 0.5) is 0 Å². The summed E-state index contributed by atoms with van der Waals surface area (Å²) in [7, 11) is 0. The largest absolute Gasteiger partial charge is 0.481 e. The molecule has 0 aliphatic heterocycles. The number of nitrogens with one attached hydrogen (secondary N) is 3. The van der Waals surface area contributed by atoms with Crippen molar-refractivity contribution in [2.45, 2.75) is 62.7 Å². The lowest BCUT2D eigenvalue weighted by Gasteiger charge is -2.24. The van der Waals surface area contributed by atoms with E-state index in [2.05, 4.69) is 16.0 Å². The molecule has 15 nitrogen and oxygen atoms in total. The Morgan fingerprint density at radius 1 is 0.743 bits per heavy atom. The lowest BCUT2D eigenvalue weighted by Crippen LogP contribution is -2.57. The van der Waals surface area contributed by atoms with Crippen molar-refractivity contribution in [3.8, 4) is 0 Å². The molecule has 0 heterocycles. The average Bonchev–Trinajstić information content (AvgIpc) is 2.75. The molecule has 0 fully saturated rings. The topological polar surface area (TPSA) is 268 Å². The van der Waals surface area contributed by atoms with E-state index < -0.39 is 97.8 Å². The molecular weight excluding hydrogens is 490 g/mol. The van der Waals surface area contributed by atoms with Crippen LogP contribution in [-0.4, -0.2) is 93.0 Å². The van der Waals surface area contributed by atoms with Gasteiger partial charge < -0.3 is 42.7 Å². The Bertz CT molecular complexity index is 809. The van der Waals surface area contributed by atoms with Gasteiger partial charge >= 0.3 is 17.9 Å². The number of thioether (sulfide) groups is 1. The normalized spacial score (nSPS) is 14.0. The molecule has 0 saturated heterocycles. The molecule has 0 aliphatic rings. The highest BCUT2D eigenvalue weighted by Gasteiger charge is 2.31. The third-order valence-corrected chi connectivity index (χ3v) is 5.19. The van der Waals surface area contributed by atoms with Gasteiger partial charge in [-0.2, -0.15) is 11.8 Å². The van der Waals surface area contributed by atoms with Crippen LogP contribution in [0.5, 0.6) is 0 Å². The summed E-state index contributed by atoms with van der Waals surface area (Å²) in [5.74, 6) is -7.50. The number of carbonyl (C=O) groups is 7. The van der Waals surface area contributed by atoms with Crippen molar-refractivity contribution < 1.29 is 48.9 Å². The van der Waals surface area contributed by atoms with Crippen molar-refractivity contribution in [2.24, 2.45) is 11.5 Å². The van der Waals surface area contributed by atoms with Crippen LogP contribution in [-0.2, 0) is 33.6 Å². The molecule has 0 spiro atoms. The van der Waals surface area contributed by atoms with Crippen LogP contribution < -0.4 is 27.4 Å². The van der Waals surface area contributed by atoms with Gasteiger partial charge in [0.05, 0.1) is 12.5 Å². The van der Waals surface area contributed by atoms with Crippen LogP contribution >= 0.6 is 11.8 Å². The molecule has 10 N–H and O–H groups in total. The third-order valence-electron chi connectivity index (χ3n) is 4.55. The number of hydrogen-bond donors (Lipinski definition) is 8. The van der Waals surface area contributed by atoms with Gasteiger partial charge in [-0.1, -0.05) is 0 Å². The smallest absolute Gasteiger partial charge is 0.326 e. The van der Waals surface area contributed by atoms with Crippen LogP contribution in [0.1, 0.15) is 38.5 Å². The van der Waals surface area contributed by atoms with Crippen molar-refractivity contribution in [1.29, 1.82) is 0 Å². The zero-order valence-corrected chi connectivity index (χ0v) is 19.8. The van der Waals surface area contributed by atoms with E-state index in [1.54, 1.807) is 6.26 Å². The second-order valence-corrected chi connectivity index (χ2v) is 8.43. The second kappa shape index (κ2) is 16.3. The Kier molecular flexibility index (Phi) is 14.7. The molecule has 0 aromatic carbocycles. The summed E-state index contributed by atoms with van der Waals surface area (Å²) in [6, 6.07) is -5.74. The molecular formula is C19H31N5O10S. The number of aliphatic carboxylic acids is 3. The first-order valence-corrected chi connectivity index (χ1v) is 11.8. The summed E-state index contributed by atoms with van der Waals surface area (Å²) < 4.78 is 0. The number of carboxylic acid groups (broad SMARTS) is 3. The Labute approximate surface area is 204 Å². The monoisotopic (exact) mass is 521 g/mol. The third kappa shape index (κ3) is 13.8.